The molecule has 2 N–H and O–H groups in total. The maximum atomic E-state index is 12.2. The fourth-order valence-electron chi connectivity index (χ4n) is 3.98. The number of carboxylic acid groups (broad SMARTS) is 1. The molecular formula is C21H32N4O3. The molecule has 2 fully saturated rings. The smallest absolute Gasteiger partial charge is 0.308 e. The highest BCUT2D eigenvalue weighted by Gasteiger charge is 2.26. The number of likely N-dealkylation sites (tertiary alicyclic amines) is 1. The van der Waals surface area contributed by atoms with Crippen molar-refractivity contribution in [3.63, 3.8) is 0 Å². The second-order valence-corrected chi connectivity index (χ2v) is 7.84. The van der Waals surface area contributed by atoms with E-state index >= 15 is 0 Å². The molecule has 7 heteroatoms. The number of benzene rings is 1. The van der Waals surface area contributed by atoms with Gasteiger partial charge in [0.15, 0.2) is 0 Å². The number of nitrogens with one attached hydrogen (secondary N) is 1. The molecule has 1 atom stereocenters. The Labute approximate surface area is 167 Å². The second-order valence-electron chi connectivity index (χ2n) is 7.84. The first kappa shape index (κ1) is 20.8. The van der Waals surface area contributed by atoms with Crippen LogP contribution in [0.3, 0.4) is 0 Å². The minimum atomic E-state index is -0.903. The Morgan fingerprint density at radius 1 is 0.893 bits per heavy atom. The first-order valence-electron chi connectivity index (χ1n) is 10.3. The number of para-hydroxylation sites is 1. The fraction of sp³-hybridized carbons (Fsp3) is 0.619. The molecule has 0 radical (unpaired) electrons. The number of carboxylic acids is 1. The number of amides is 1. The molecule has 3 rings (SSSR count). The van der Waals surface area contributed by atoms with E-state index in [1.807, 2.05) is 18.2 Å². The summed E-state index contributed by atoms with van der Waals surface area (Å²) in [6.07, 6.45) is 2.64. The molecule has 0 unspecified atom stereocenters. The predicted octanol–water partition coefficient (Wildman–Crippen LogP) is 1.43. The molecule has 2 aliphatic rings. The highest BCUT2D eigenvalue weighted by Crippen LogP contribution is 2.13. The third-order valence-electron chi connectivity index (χ3n) is 5.71. The molecule has 2 saturated heterocycles. The minimum Gasteiger partial charge on any atom is -0.481 e. The van der Waals surface area contributed by atoms with Crippen LogP contribution in [0.15, 0.2) is 30.3 Å². The monoisotopic (exact) mass is 388 g/mol. The highest BCUT2D eigenvalue weighted by atomic mass is 16.4. The van der Waals surface area contributed by atoms with E-state index in [4.69, 9.17) is 0 Å². The van der Waals surface area contributed by atoms with Crippen LogP contribution in [0.25, 0.3) is 0 Å². The van der Waals surface area contributed by atoms with Crippen LogP contribution in [0.4, 0.5) is 5.69 Å². The number of carbonyl (C=O) groups excluding carboxylic acids is 1. The molecule has 28 heavy (non-hydrogen) atoms. The third-order valence-corrected chi connectivity index (χ3v) is 5.71. The van der Waals surface area contributed by atoms with Crippen molar-refractivity contribution < 1.29 is 14.7 Å². The predicted molar refractivity (Wildman–Crippen MR) is 109 cm³/mol. The molecule has 0 aliphatic carbocycles. The number of nitrogens with zero attached hydrogens (tertiary/aromatic N) is 3. The van der Waals surface area contributed by atoms with Gasteiger partial charge in [-0.1, -0.05) is 18.2 Å². The number of rotatable bonds is 9. The van der Waals surface area contributed by atoms with Crippen molar-refractivity contribution in [2.75, 3.05) is 64.2 Å². The van der Waals surface area contributed by atoms with Crippen LogP contribution in [0, 0.1) is 5.92 Å². The van der Waals surface area contributed by atoms with Crippen molar-refractivity contribution in [3.8, 4) is 0 Å². The standard InChI is InChI=1S/C21H32N4O3/c26-20(22-19-6-2-1-3-7-19)16-18(21(27)28)17-25-14-12-24(13-15-25)11-10-23-8-4-5-9-23/h1-3,6-7,18H,4-5,8-17H2,(H,22,26)(H,27,28)/t18-/m1/s1. The van der Waals surface area contributed by atoms with Gasteiger partial charge in [0, 0.05) is 57.9 Å². The fourth-order valence-corrected chi connectivity index (χ4v) is 3.98. The van der Waals surface area contributed by atoms with Gasteiger partial charge < -0.3 is 15.3 Å². The SMILES string of the molecule is O=C(C[C@H](CN1CCN(CCN2CCCC2)CC1)C(=O)O)Nc1ccccc1. The van der Waals surface area contributed by atoms with Crippen molar-refractivity contribution in [1.82, 2.24) is 14.7 Å². The molecule has 1 amide bonds. The molecule has 154 valence electrons. The number of aliphatic carboxylic acids is 1. The normalized spacial score (nSPS) is 20.1. The van der Waals surface area contributed by atoms with Gasteiger partial charge >= 0.3 is 5.97 Å². The summed E-state index contributed by atoms with van der Waals surface area (Å²) in [5.74, 6) is -1.83. The molecule has 0 saturated carbocycles. The quantitative estimate of drug-likeness (QED) is 0.667. The van der Waals surface area contributed by atoms with Gasteiger partial charge in [-0.05, 0) is 38.1 Å². The Hall–Kier alpha value is -1.96. The Morgan fingerprint density at radius 2 is 1.46 bits per heavy atom. The lowest BCUT2D eigenvalue weighted by Crippen LogP contribution is -2.50. The molecule has 2 heterocycles. The second kappa shape index (κ2) is 10.5. The zero-order chi connectivity index (χ0) is 19.8. The topological polar surface area (TPSA) is 76.1 Å². The Balaban J connectivity index is 1.39. The van der Waals surface area contributed by atoms with Crippen molar-refractivity contribution in [1.29, 1.82) is 0 Å². The van der Waals surface area contributed by atoms with Crippen LogP contribution in [0.1, 0.15) is 19.3 Å². The van der Waals surface area contributed by atoms with Crippen LogP contribution < -0.4 is 5.32 Å². The lowest BCUT2D eigenvalue weighted by molar-refractivity contribution is -0.144. The maximum Gasteiger partial charge on any atom is 0.308 e. The van der Waals surface area contributed by atoms with Crippen LogP contribution in [0.5, 0.6) is 0 Å². The van der Waals surface area contributed by atoms with Crippen LogP contribution in [-0.2, 0) is 9.59 Å². The van der Waals surface area contributed by atoms with Crippen molar-refractivity contribution >= 4 is 17.6 Å². The van der Waals surface area contributed by atoms with Crippen molar-refractivity contribution in [2.24, 2.45) is 5.92 Å². The van der Waals surface area contributed by atoms with Crippen LogP contribution in [0.2, 0.25) is 0 Å². The molecule has 2 aliphatic heterocycles. The number of piperazine rings is 1. The summed E-state index contributed by atoms with van der Waals surface area (Å²) in [6.45, 7) is 8.78. The number of hydrogen-bond acceptors (Lipinski definition) is 5. The first-order valence-corrected chi connectivity index (χ1v) is 10.3. The maximum absolute atomic E-state index is 12.2. The van der Waals surface area contributed by atoms with E-state index in [2.05, 4.69) is 20.0 Å². The van der Waals surface area contributed by atoms with Gasteiger partial charge in [-0.15, -0.1) is 0 Å². The van der Waals surface area contributed by atoms with E-state index < -0.39 is 11.9 Å². The summed E-state index contributed by atoms with van der Waals surface area (Å²) in [5, 5.41) is 12.3. The Bertz CT molecular complexity index is 626. The largest absolute Gasteiger partial charge is 0.481 e. The van der Waals surface area contributed by atoms with Gasteiger partial charge in [0.2, 0.25) is 5.91 Å². The van der Waals surface area contributed by atoms with Gasteiger partial charge in [-0.25, -0.2) is 0 Å². The van der Waals surface area contributed by atoms with Crippen LogP contribution in [-0.4, -0.2) is 90.6 Å². The molecule has 0 aromatic heterocycles. The summed E-state index contributed by atoms with van der Waals surface area (Å²) in [6, 6.07) is 9.16. The average molecular weight is 389 g/mol. The van der Waals surface area contributed by atoms with Crippen molar-refractivity contribution in [3.05, 3.63) is 30.3 Å². The lowest BCUT2D eigenvalue weighted by atomic mass is 10.0. The summed E-state index contributed by atoms with van der Waals surface area (Å²) >= 11 is 0. The summed E-state index contributed by atoms with van der Waals surface area (Å²) < 4.78 is 0. The summed E-state index contributed by atoms with van der Waals surface area (Å²) in [4.78, 5) is 31.1. The van der Waals surface area contributed by atoms with E-state index in [0.29, 0.717) is 12.2 Å². The van der Waals surface area contributed by atoms with Crippen molar-refractivity contribution in [2.45, 2.75) is 19.3 Å². The van der Waals surface area contributed by atoms with E-state index in [-0.39, 0.29) is 12.3 Å². The minimum absolute atomic E-state index is 0.000593. The number of carbonyl (C=O) groups is 2. The molecule has 1 aromatic carbocycles. The molecule has 0 spiro atoms. The Morgan fingerprint density at radius 3 is 2.07 bits per heavy atom. The zero-order valence-corrected chi connectivity index (χ0v) is 16.6. The summed E-state index contributed by atoms with van der Waals surface area (Å²) in [5.41, 5.74) is 0.697. The van der Waals surface area contributed by atoms with Gasteiger partial charge in [-0.3, -0.25) is 19.4 Å². The number of anilines is 1. The zero-order valence-electron chi connectivity index (χ0n) is 16.6. The van der Waals surface area contributed by atoms with Crippen LogP contribution >= 0.6 is 0 Å². The molecule has 0 bridgehead atoms. The molecule has 1 aromatic rings. The van der Waals surface area contributed by atoms with Gasteiger partial charge in [0.05, 0.1) is 5.92 Å². The molecular weight excluding hydrogens is 356 g/mol. The van der Waals surface area contributed by atoms with E-state index in [1.165, 1.54) is 25.9 Å². The first-order chi connectivity index (χ1) is 13.6. The third kappa shape index (κ3) is 6.58. The number of hydrogen-bond donors (Lipinski definition) is 2. The summed E-state index contributed by atoms with van der Waals surface area (Å²) in [7, 11) is 0. The lowest BCUT2D eigenvalue weighted by Gasteiger charge is -2.36. The van der Waals surface area contributed by atoms with E-state index in [9.17, 15) is 14.7 Å². The van der Waals surface area contributed by atoms with Gasteiger partial charge in [0.1, 0.15) is 0 Å². The average Bonchev–Trinajstić information content (AvgIpc) is 3.21. The van der Waals surface area contributed by atoms with E-state index in [0.717, 1.165) is 39.3 Å². The highest BCUT2D eigenvalue weighted by molar-refractivity contribution is 5.93. The Kier molecular flexibility index (Phi) is 7.82. The van der Waals surface area contributed by atoms with E-state index in [1.54, 1.807) is 12.1 Å². The van der Waals surface area contributed by atoms with Gasteiger partial charge in [-0.2, -0.15) is 0 Å². The molecule has 7 nitrogen and oxygen atoms in total. The van der Waals surface area contributed by atoms with Gasteiger partial charge in [0.25, 0.3) is 0 Å².